The van der Waals surface area contributed by atoms with Gasteiger partial charge in [-0.3, -0.25) is 4.79 Å². The molecule has 0 bridgehead atoms. The van der Waals surface area contributed by atoms with Crippen LogP contribution in [0, 0.1) is 0 Å². The number of morpholine rings is 1. The summed E-state index contributed by atoms with van der Waals surface area (Å²) in [7, 11) is 0. The van der Waals surface area contributed by atoms with Crippen molar-refractivity contribution >= 4 is 5.91 Å². The molecule has 0 aliphatic carbocycles. The molecule has 1 amide bonds. The van der Waals surface area contributed by atoms with Gasteiger partial charge >= 0.3 is 0 Å². The molecule has 26 heavy (non-hydrogen) atoms. The summed E-state index contributed by atoms with van der Waals surface area (Å²) in [5, 5.41) is 0. The smallest absolute Gasteiger partial charge is 0.260 e. The molecule has 0 aromatic heterocycles. The molecular weight excluding hydrogens is 330 g/mol. The first-order valence-electron chi connectivity index (χ1n) is 9.03. The van der Waals surface area contributed by atoms with Crippen molar-refractivity contribution in [1.82, 2.24) is 4.90 Å². The van der Waals surface area contributed by atoms with Crippen molar-refractivity contribution in [3.63, 3.8) is 0 Å². The number of carbonyl (C=O) groups excluding carboxylic acids is 1. The molecular formula is C21H25NO4. The summed E-state index contributed by atoms with van der Waals surface area (Å²) in [5.41, 5.74) is 1.22. The van der Waals surface area contributed by atoms with Crippen LogP contribution in [-0.4, -0.2) is 49.8 Å². The highest BCUT2D eigenvalue weighted by molar-refractivity contribution is 5.77. The first kappa shape index (κ1) is 18.3. The van der Waals surface area contributed by atoms with Crippen molar-refractivity contribution < 1.29 is 19.0 Å². The molecule has 1 fully saturated rings. The molecule has 3 rings (SSSR count). The van der Waals surface area contributed by atoms with E-state index in [-0.39, 0.29) is 18.6 Å². The normalized spacial score (nSPS) is 17.0. The fraction of sp³-hybridized carbons (Fsp3) is 0.381. The molecule has 0 saturated carbocycles. The zero-order valence-corrected chi connectivity index (χ0v) is 15.1. The molecule has 5 nitrogen and oxygen atoms in total. The van der Waals surface area contributed by atoms with E-state index in [1.165, 1.54) is 5.56 Å². The van der Waals surface area contributed by atoms with Crippen LogP contribution < -0.4 is 9.47 Å². The fourth-order valence-electron chi connectivity index (χ4n) is 2.98. The Labute approximate surface area is 154 Å². The Kier molecular flexibility index (Phi) is 6.50. The van der Waals surface area contributed by atoms with Gasteiger partial charge in [-0.15, -0.1) is 0 Å². The Hall–Kier alpha value is -2.53. The van der Waals surface area contributed by atoms with Gasteiger partial charge in [-0.2, -0.15) is 0 Å². The molecule has 0 spiro atoms. The van der Waals surface area contributed by atoms with Gasteiger partial charge < -0.3 is 19.1 Å². The van der Waals surface area contributed by atoms with Gasteiger partial charge in [0.2, 0.25) is 0 Å². The SMILES string of the molecule is CCOc1ccc(OCC(=O)N2CCO[C@H](Cc3ccccc3)C2)cc1. The average molecular weight is 355 g/mol. The lowest BCUT2D eigenvalue weighted by atomic mass is 10.1. The molecule has 1 aliphatic rings. The third-order valence-electron chi connectivity index (χ3n) is 4.29. The molecule has 1 aliphatic heterocycles. The van der Waals surface area contributed by atoms with Crippen LogP contribution in [0.25, 0.3) is 0 Å². The van der Waals surface area contributed by atoms with E-state index in [2.05, 4.69) is 12.1 Å². The van der Waals surface area contributed by atoms with Crippen LogP contribution in [0.3, 0.4) is 0 Å². The van der Waals surface area contributed by atoms with Crippen LogP contribution >= 0.6 is 0 Å². The van der Waals surface area contributed by atoms with Crippen molar-refractivity contribution in [3.05, 3.63) is 60.2 Å². The van der Waals surface area contributed by atoms with Gasteiger partial charge in [0.25, 0.3) is 5.91 Å². The second kappa shape index (κ2) is 9.25. The van der Waals surface area contributed by atoms with Crippen LogP contribution in [0.15, 0.2) is 54.6 Å². The molecule has 1 atom stereocenters. The Morgan fingerprint density at radius 2 is 1.77 bits per heavy atom. The largest absolute Gasteiger partial charge is 0.494 e. The molecule has 2 aromatic rings. The van der Waals surface area contributed by atoms with Crippen molar-refractivity contribution in [2.45, 2.75) is 19.4 Å². The third-order valence-corrected chi connectivity index (χ3v) is 4.29. The Balaban J connectivity index is 1.47. The number of nitrogens with zero attached hydrogens (tertiary/aromatic N) is 1. The zero-order chi connectivity index (χ0) is 18.2. The maximum Gasteiger partial charge on any atom is 0.260 e. The average Bonchev–Trinajstić information content (AvgIpc) is 2.68. The monoisotopic (exact) mass is 355 g/mol. The minimum absolute atomic E-state index is 0.0137. The molecule has 0 unspecified atom stereocenters. The van der Waals surface area contributed by atoms with E-state index in [1.807, 2.05) is 54.3 Å². The number of hydrogen-bond donors (Lipinski definition) is 0. The predicted octanol–water partition coefficient (Wildman–Crippen LogP) is 2.93. The van der Waals surface area contributed by atoms with Crippen LogP contribution in [0.4, 0.5) is 0 Å². The Morgan fingerprint density at radius 3 is 2.46 bits per heavy atom. The van der Waals surface area contributed by atoms with E-state index in [0.717, 1.165) is 12.2 Å². The summed E-state index contributed by atoms with van der Waals surface area (Å²) >= 11 is 0. The van der Waals surface area contributed by atoms with E-state index >= 15 is 0 Å². The summed E-state index contributed by atoms with van der Waals surface area (Å²) in [5.74, 6) is 1.44. The number of benzene rings is 2. The van der Waals surface area contributed by atoms with Gasteiger partial charge in [0.1, 0.15) is 11.5 Å². The molecule has 1 saturated heterocycles. The lowest BCUT2D eigenvalue weighted by molar-refractivity contribution is -0.140. The van der Waals surface area contributed by atoms with Crippen LogP contribution in [-0.2, 0) is 16.0 Å². The standard InChI is InChI=1S/C21H25NO4/c1-2-24-18-8-10-19(11-9-18)26-16-21(23)22-12-13-25-20(15-22)14-17-6-4-3-5-7-17/h3-11,20H,2,12-16H2,1H3/t20-/m1/s1. The van der Waals surface area contributed by atoms with Gasteiger partial charge in [-0.1, -0.05) is 30.3 Å². The van der Waals surface area contributed by atoms with Gasteiger partial charge in [0.05, 0.1) is 19.3 Å². The van der Waals surface area contributed by atoms with Gasteiger partial charge in [0.15, 0.2) is 6.61 Å². The maximum absolute atomic E-state index is 12.5. The number of amides is 1. The first-order valence-corrected chi connectivity index (χ1v) is 9.03. The molecule has 5 heteroatoms. The van der Waals surface area contributed by atoms with E-state index in [4.69, 9.17) is 14.2 Å². The lowest BCUT2D eigenvalue weighted by Crippen LogP contribution is -2.47. The molecule has 0 N–H and O–H groups in total. The van der Waals surface area contributed by atoms with Gasteiger partial charge in [-0.25, -0.2) is 0 Å². The highest BCUT2D eigenvalue weighted by Gasteiger charge is 2.24. The summed E-state index contributed by atoms with van der Waals surface area (Å²) in [6.07, 6.45) is 0.838. The number of carbonyl (C=O) groups is 1. The second-order valence-electron chi connectivity index (χ2n) is 6.22. The Morgan fingerprint density at radius 1 is 1.08 bits per heavy atom. The number of rotatable bonds is 7. The second-order valence-corrected chi connectivity index (χ2v) is 6.22. The Bertz CT molecular complexity index is 687. The summed E-state index contributed by atoms with van der Waals surface area (Å²) < 4.78 is 16.8. The summed E-state index contributed by atoms with van der Waals surface area (Å²) in [6, 6.07) is 17.5. The van der Waals surface area contributed by atoms with Crippen LogP contribution in [0.5, 0.6) is 11.5 Å². The quantitative estimate of drug-likeness (QED) is 0.766. The predicted molar refractivity (Wildman–Crippen MR) is 99.6 cm³/mol. The third kappa shape index (κ3) is 5.23. The van der Waals surface area contributed by atoms with Crippen molar-refractivity contribution in [2.75, 3.05) is 32.9 Å². The van der Waals surface area contributed by atoms with Crippen LogP contribution in [0.1, 0.15) is 12.5 Å². The topological polar surface area (TPSA) is 48.0 Å². The minimum Gasteiger partial charge on any atom is -0.494 e. The van der Waals surface area contributed by atoms with E-state index in [1.54, 1.807) is 0 Å². The summed E-state index contributed by atoms with van der Waals surface area (Å²) in [6.45, 7) is 4.37. The molecule has 138 valence electrons. The number of ether oxygens (including phenoxy) is 3. The lowest BCUT2D eigenvalue weighted by Gasteiger charge is -2.33. The number of hydrogen-bond acceptors (Lipinski definition) is 4. The van der Waals surface area contributed by atoms with E-state index in [0.29, 0.717) is 32.1 Å². The zero-order valence-electron chi connectivity index (χ0n) is 15.1. The van der Waals surface area contributed by atoms with Gasteiger partial charge in [0, 0.05) is 19.5 Å². The highest BCUT2D eigenvalue weighted by atomic mass is 16.5. The van der Waals surface area contributed by atoms with Gasteiger partial charge in [-0.05, 0) is 36.8 Å². The first-order chi connectivity index (χ1) is 12.7. The van der Waals surface area contributed by atoms with Crippen molar-refractivity contribution in [1.29, 1.82) is 0 Å². The van der Waals surface area contributed by atoms with E-state index < -0.39 is 0 Å². The molecule has 2 aromatic carbocycles. The minimum atomic E-state index is -0.0137. The molecule has 0 radical (unpaired) electrons. The maximum atomic E-state index is 12.5. The highest BCUT2D eigenvalue weighted by Crippen LogP contribution is 2.18. The fourth-order valence-corrected chi connectivity index (χ4v) is 2.98. The van der Waals surface area contributed by atoms with E-state index in [9.17, 15) is 4.79 Å². The molecule has 1 heterocycles. The summed E-state index contributed by atoms with van der Waals surface area (Å²) in [4.78, 5) is 14.3. The van der Waals surface area contributed by atoms with Crippen molar-refractivity contribution in [3.8, 4) is 11.5 Å². The van der Waals surface area contributed by atoms with Crippen LogP contribution in [0.2, 0.25) is 0 Å². The van der Waals surface area contributed by atoms with Crippen molar-refractivity contribution in [2.24, 2.45) is 0 Å².